The molecule has 1 fully saturated rings. The molecule has 1 aliphatic rings. The van der Waals surface area contributed by atoms with Crippen molar-refractivity contribution >= 4 is 17.6 Å². The number of rotatable bonds is 5. The number of benzene rings is 2. The number of nitrogens with zero attached hydrogens (tertiary/aromatic N) is 1. The molecule has 1 heterocycles. The lowest BCUT2D eigenvalue weighted by Crippen LogP contribution is -2.58. The standard InChI is InChI=1S/C20H19F3N2O3/c1-28-18(27)19(11-12-25(17(19)26)16-5-3-2-4-6-16)24-13-14-7-9-15(10-8-14)20(21,22)23/h2-10,24H,11-13H2,1H3. The molecule has 8 heteroatoms. The molecule has 1 saturated heterocycles. The SMILES string of the molecule is COC(=O)C1(NCc2ccc(C(F)(F)F)cc2)CCN(c2ccccc2)C1=O. The summed E-state index contributed by atoms with van der Waals surface area (Å²) < 4.78 is 42.9. The van der Waals surface area contributed by atoms with Crippen LogP contribution in [0.1, 0.15) is 17.5 Å². The number of para-hydroxylation sites is 1. The van der Waals surface area contributed by atoms with Gasteiger partial charge in [0.15, 0.2) is 5.54 Å². The molecular weight excluding hydrogens is 373 g/mol. The molecule has 1 amide bonds. The third-order valence-corrected chi connectivity index (χ3v) is 4.80. The highest BCUT2D eigenvalue weighted by molar-refractivity contribution is 6.16. The van der Waals surface area contributed by atoms with Crippen LogP contribution < -0.4 is 10.2 Å². The number of anilines is 1. The van der Waals surface area contributed by atoms with Crippen molar-refractivity contribution in [1.82, 2.24) is 5.32 Å². The minimum atomic E-state index is -4.42. The maximum Gasteiger partial charge on any atom is 0.416 e. The van der Waals surface area contributed by atoms with E-state index in [2.05, 4.69) is 5.32 Å². The summed E-state index contributed by atoms with van der Waals surface area (Å²) in [7, 11) is 1.20. The van der Waals surface area contributed by atoms with E-state index in [1.807, 2.05) is 6.07 Å². The molecule has 0 saturated carbocycles. The van der Waals surface area contributed by atoms with Crippen LogP contribution >= 0.6 is 0 Å². The molecule has 1 unspecified atom stereocenters. The minimum Gasteiger partial charge on any atom is -0.467 e. The lowest BCUT2D eigenvalue weighted by Gasteiger charge is -2.26. The molecule has 0 aliphatic carbocycles. The zero-order chi connectivity index (χ0) is 20.4. The van der Waals surface area contributed by atoms with Crippen molar-refractivity contribution in [3.63, 3.8) is 0 Å². The van der Waals surface area contributed by atoms with Gasteiger partial charge in [0.1, 0.15) is 0 Å². The van der Waals surface area contributed by atoms with Gasteiger partial charge in [-0.1, -0.05) is 30.3 Å². The van der Waals surface area contributed by atoms with Crippen LogP contribution in [0.5, 0.6) is 0 Å². The van der Waals surface area contributed by atoms with Crippen LogP contribution in [0.15, 0.2) is 54.6 Å². The number of nitrogens with one attached hydrogen (secondary N) is 1. The van der Waals surface area contributed by atoms with Gasteiger partial charge in [-0.3, -0.25) is 10.1 Å². The van der Waals surface area contributed by atoms with Gasteiger partial charge in [-0.15, -0.1) is 0 Å². The predicted octanol–water partition coefficient (Wildman–Crippen LogP) is 3.14. The van der Waals surface area contributed by atoms with Crippen LogP contribution in [0, 0.1) is 0 Å². The second-order valence-electron chi connectivity index (χ2n) is 6.49. The van der Waals surface area contributed by atoms with Crippen molar-refractivity contribution in [2.75, 3.05) is 18.6 Å². The summed E-state index contributed by atoms with van der Waals surface area (Å²) in [5, 5.41) is 2.92. The van der Waals surface area contributed by atoms with Crippen LogP contribution in [0.2, 0.25) is 0 Å². The molecule has 0 aromatic heterocycles. The van der Waals surface area contributed by atoms with E-state index in [-0.39, 0.29) is 13.0 Å². The maximum atomic E-state index is 13.0. The fraction of sp³-hybridized carbons (Fsp3) is 0.300. The molecule has 0 radical (unpaired) electrons. The van der Waals surface area contributed by atoms with Crippen molar-refractivity contribution in [3.05, 3.63) is 65.7 Å². The molecule has 0 spiro atoms. The number of carbonyl (C=O) groups is 2. The van der Waals surface area contributed by atoms with E-state index in [9.17, 15) is 22.8 Å². The Kier molecular flexibility index (Phi) is 5.42. The first-order valence-electron chi connectivity index (χ1n) is 8.64. The molecule has 148 valence electrons. The second-order valence-corrected chi connectivity index (χ2v) is 6.49. The number of ether oxygens (including phenoxy) is 1. The smallest absolute Gasteiger partial charge is 0.416 e. The molecule has 2 aromatic rings. The Morgan fingerprint density at radius 1 is 1.14 bits per heavy atom. The fourth-order valence-electron chi connectivity index (χ4n) is 3.24. The van der Waals surface area contributed by atoms with E-state index in [0.29, 0.717) is 17.8 Å². The quantitative estimate of drug-likeness (QED) is 0.628. The van der Waals surface area contributed by atoms with Crippen LogP contribution in [0.4, 0.5) is 18.9 Å². The first kappa shape index (κ1) is 19.9. The Bertz CT molecular complexity index is 853. The van der Waals surface area contributed by atoms with Gasteiger partial charge in [-0.05, 0) is 29.8 Å². The predicted molar refractivity (Wildman–Crippen MR) is 96.4 cm³/mol. The summed E-state index contributed by atoms with van der Waals surface area (Å²) >= 11 is 0. The lowest BCUT2D eigenvalue weighted by atomic mass is 9.97. The highest BCUT2D eigenvalue weighted by atomic mass is 19.4. The van der Waals surface area contributed by atoms with Gasteiger partial charge in [-0.25, -0.2) is 4.79 Å². The third kappa shape index (κ3) is 3.73. The van der Waals surface area contributed by atoms with E-state index in [0.717, 1.165) is 12.1 Å². The Labute approximate surface area is 160 Å². The van der Waals surface area contributed by atoms with E-state index in [4.69, 9.17) is 4.74 Å². The van der Waals surface area contributed by atoms with Crippen LogP contribution in [-0.4, -0.2) is 31.1 Å². The van der Waals surface area contributed by atoms with Crippen molar-refractivity contribution in [2.45, 2.75) is 24.7 Å². The average molecular weight is 392 g/mol. The van der Waals surface area contributed by atoms with Crippen molar-refractivity contribution in [1.29, 1.82) is 0 Å². The van der Waals surface area contributed by atoms with E-state index >= 15 is 0 Å². The molecule has 3 rings (SSSR count). The summed E-state index contributed by atoms with van der Waals surface area (Å²) in [6.45, 7) is 0.361. The highest BCUT2D eigenvalue weighted by Gasteiger charge is 2.53. The molecule has 1 atom stereocenters. The zero-order valence-corrected chi connectivity index (χ0v) is 15.1. The van der Waals surface area contributed by atoms with Gasteiger partial charge in [0.05, 0.1) is 12.7 Å². The lowest BCUT2D eigenvalue weighted by molar-refractivity contribution is -0.152. The first-order valence-corrected chi connectivity index (χ1v) is 8.64. The number of methoxy groups -OCH3 is 1. The Morgan fingerprint density at radius 2 is 1.79 bits per heavy atom. The molecule has 0 bridgehead atoms. The van der Waals surface area contributed by atoms with E-state index in [1.54, 1.807) is 24.3 Å². The topological polar surface area (TPSA) is 58.6 Å². The van der Waals surface area contributed by atoms with E-state index < -0.39 is 29.2 Å². The number of halogens is 3. The molecule has 1 N–H and O–H groups in total. The van der Waals surface area contributed by atoms with Gasteiger partial charge in [0, 0.05) is 25.2 Å². The van der Waals surface area contributed by atoms with Gasteiger partial charge in [-0.2, -0.15) is 13.2 Å². The van der Waals surface area contributed by atoms with Crippen LogP contribution in [-0.2, 0) is 27.0 Å². The third-order valence-electron chi connectivity index (χ3n) is 4.80. The Morgan fingerprint density at radius 3 is 2.36 bits per heavy atom. The zero-order valence-electron chi connectivity index (χ0n) is 15.1. The number of esters is 1. The summed E-state index contributed by atoms with van der Waals surface area (Å²) in [4.78, 5) is 27.0. The second kappa shape index (κ2) is 7.63. The number of carbonyl (C=O) groups excluding carboxylic acids is 2. The summed E-state index contributed by atoms with van der Waals surface area (Å²) in [5.74, 6) is -1.17. The molecule has 2 aromatic carbocycles. The number of hydrogen-bond acceptors (Lipinski definition) is 4. The maximum absolute atomic E-state index is 13.0. The Hall–Kier alpha value is -2.87. The molecule has 5 nitrogen and oxygen atoms in total. The number of amides is 1. The minimum absolute atomic E-state index is 0.0433. The summed E-state index contributed by atoms with van der Waals surface area (Å²) in [6.07, 6.45) is -4.23. The number of hydrogen-bond donors (Lipinski definition) is 1. The average Bonchev–Trinajstić information content (AvgIpc) is 3.03. The highest BCUT2D eigenvalue weighted by Crippen LogP contribution is 2.31. The van der Waals surface area contributed by atoms with Gasteiger partial charge in [0.25, 0.3) is 5.91 Å². The van der Waals surface area contributed by atoms with Gasteiger partial charge in [0.2, 0.25) is 0 Å². The summed E-state index contributed by atoms with van der Waals surface area (Å²) in [5.41, 5.74) is -1.16. The normalized spacial score (nSPS) is 19.7. The summed E-state index contributed by atoms with van der Waals surface area (Å²) in [6, 6.07) is 13.5. The monoisotopic (exact) mass is 392 g/mol. The van der Waals surface area contributed by atoms with Gasteiger partial charge < -0.3 is 9.64 Å². The Balaban J connectivity index is 1.80. The van der Waals surface area contributed by atoms with Crippen LogP contribution in [0.3, 0.4) is 0 Å². The first-order chi connectivity index (χ1) is 13.3. The van der Waals surface area contributed by atoms with E-state index in [1.165, 1.54) is 24.1 Å². The number of alkyl halides is 3. The largest absolute Gasteiger partial charge is 0.467 e. The van der Waals surface area contributed by atoms with Crippen molar-refractivity contribution < 1.29 is 27.5 Å². The molecule has 28 heavy (non-hydrogen) atoms. The fourth-order valence-corrected chi connectivity index (χ4v) is 3.24. The van der Waals surface area contributed by atoms with Crippen LogP contribution in [0.25, 0.3) is 0 Å². The van der Waals surface area contributed by atoms with Crippen molar-refractivity contribution in [2.24, 2.45) is 0 Å². The van der Waals surface area contributed by atoms with Crippen molar-refractivity contribution in [3.8, 4) is 0 Å². The van der Waals surface area contributed by atoms with Gasteiger partial charge >= 0.3 is 12.1 Å². The molecule has 1 aliphatic heterocycles. The molecular formula is C20H19F3N2O3.